The maximum Gasteiger partial charge on any atom is 0.0410 e. The normalized spacial score (nSPS) is 21.8. The van der Waals surface area contributed by atoms with Crippen LogP contribution in [0.25, 0.3) is 0 Å². The van der Waals surface area contributed by atoms with Gasteiger partial charge in [0.1, 0.15) is 0 Å². The molecular formula is C18H27IN2. The van der Waals surface area contributed by atoms with Crippen molar-refractivity contribution in [1.29, 1.82) is 0 Å². The van der Waals surface area contributed by atoms with Gasteiger partial charge < -0.3 is 4.90 Å². The van der Waals surface area contributed by atoms with Crippen LogP contribution in [0.5, 0.6) is 0 Å². The second-order valence-corrected chi connectivity index (χ2v) is 8.36. The van der Waals surface area contributed by atoms with E-state index in [0.29, 0.717) is 11.0 Å². The highest BCUT2D eigenvalue weighted by Gasteiger charge is 2.47. The molecule has 0 saturated carbocycles. The first-order chi connectivity index (χ1) is 10.0. The number of hydrogen-bond donors (Lipinski definition) is 0. The molecule has 3 rings (SSSR count). The highest BCUT2D eigenvalue weighted by molar-refractivity contribution is 14.1. The Morgan fingerprint density at radius 1 is 1.14 bits per heavy atom. The Morgan fingerprint density at radius 3 is 2.38 bits per heavy atom. The van der Waals surface area contributed by atoms with Crippen LogP contribution < -0.4 is 4.90 Å². The number of hydrogen-bond acceptors (Lipinski definition) is 2. The highest BCUT2D eigenvalue weighted by Crippen LogP contribution is 2.50. The SMILES string of the molecule is CCC(C)(CC)N1CC2(CCN(I)CC2)c2ccccc21. The van der Waals surface area contributed by atoms with Gasteiger partial charge in [-0.2, -0.15) is 0 Å². The molecule has 2 nitrogen and oxygen atoms in total. The first kappa shape index (κ1) is 15.6. The van der Waals surface area contributed by atoms with Crippen molar-refractivity contribution >= 4 is 28.6 Å². The maximum atomic E-state index is 2.73. The molecule has 1 spiro atoms. The second-order valence-electron chi connectivity index (χ2n) is 7.00. The van der Waals surface area contributed by atoms with Crippen LogP contribution in [0.15, 0.2) is 24.3 Å². The molecular weight excluding hydrogens is 371 g/mol. The Balaban J connectivity index is 2.01. The molecule has 0 amide bonds. The average Bonchev–Trinajstić information content (AvgIpc) is 2.85. The van der Waals surface area contributed by atoms with Crippen LogP contribution in [-0.4, -0.2) is 28.3 Å². The lowest BCUT2D eigenvalue weighted by molar-refractivity contribution is 0.257. The van der Waals surface area contributed by atoms with Gasteiger partial charge in [0.2, 0.25) is 0 Å². The lowest BCUT2D eigenvalue weighted by Crippen LogP contribution is -2.49. The van der Waals surface area contributed by atoms with Gasteiger partial charge in [0, 0.05) is 59.1 Å². The molecule has 0 unspecified atom stereocenters. The first-order valence-corrected chi connectivity index (χ1v) is 9.29. The summed E-state index contributed by atoms with van der Waals surface area (Å²) in [5.74, 6) is 0. The average molecular weight is 398 g/mol. The van der Waals surface area contributed by atoms with Crippen molar-refractivity contribution in [3.05, 3.63) is 29.8 Å². The van der Waals surface area contributed by atoms with Gasteiger partial charge in [0.15, 0.2) is 0 Å². The fourth-order valence-electron chi connectivity index (χ4n) is 4.08. The van der Waals surface area contributed by atoms with Gasteiger partial charge in [0.05, 0.1) is 0 Å². The van der Waals surface area contributed by atoms with E-state index < -0.39 is 0 Å². The molecule has 21 heavy (non-hydrogen) atoms. The van der Waals surface area contributed by atoms with E-state index in [1.54, 1.807) is 5.56 Å². The van der Waals surface area contributed by atoms with Crippen LogP contribution in [0, 0.1) is 0 Å². The van der Waals surface area contributed by atoms with Crippen molar-refractivity contribution < 1.29 is 0 Å². The summed E-state index contributed by atoms with van der Waals surface area (Å²) in [6, 6.07) is 9.19. The number of piperidine rings is 1. The van der Waals surface area contributed by atoms with Crippen LogP contribution in [-0.2, 0) is 5.41 Å². The molecule has 2 aliphatic heterocycles. The number of para-hydroxylation sites is 1. The van der Waals surface area contributed by atoms with Crippen molar-refractivity contribution in [2.75, 3.05) is 24.5 Å². The molecule has 3 heteroatoms. The molecule has 116 valence electrons. The molecule has 0 bridgehead atoms. The van der Waals surface area contributed by atoms with Crippen molar-refractivity contribution in [1.82, 2.24) is 3.11 Å². The molecule has 2 heterocycles. The smallest absolute Gasteiger partial charge is 0.0410 e. The third kappa shape index (κ3) is 2.50. The lowest BCUT2D eigenvalue weighted by Gasteiger charge is -2.43. The van der Waals surface area contributed by atoms with Crippen LogP contribution >= 0.6 is 22.9 Å². The van der Waals surface area contributed by atoms with Gasteiger partial charge in [-0.1, -0.05) is 32.0 Å². The maximum absolute atomic E-state index is 2.73. The van der Waals surface area contributed by atoms with Crippen LogP contribution in [0.4, 0.5) is 5.69 Å². The fraction of sp³-hybridized carbons (Fsp3) is 0.667. The van der Waals surface area contributed by atoms with Gasteiger partial charge in [-0.3, -0.25) is 0 Å². The minimum Gasteiger partial charge on any atom is -0.365 e. The molecule has 0 atom stereocenters. The molecule has 2 aliphatic rings. The minimum absolute atomic E-state index is 0.293. The molecule has 0 aromatic heterocycles. The van der Waals surface area contributed by atoms with E-state index in [9.17, 15) is 0 Å². The van der Waals surface area contributed by atoms with Crippen LogP contribution in [0.1, 0.15) is 52.0 Å². The van der Waals surface area contributed by atoms with Gasteiger partial charge in [-0.15, -0.1) is 0 Å². The molecule has 0 aliphatic carbocycles. The summed E-state index contributed by atoms with van der Waals surface area (Å²) in [5.41, 5.74) is 3.80. The third-order valence-electron chi connectivity index (χ3n) is 6.07. The molecule has 1 aromatic carbocycles. The van der Waals surface area contributed by atoms with Gasteiger partial charge in [-0.25, -0.2) is 3.11 Å². The summed E-state index contributed by atoms with van der Waals surface area (Å²) in [5, 5.41) is 0. The fourth-order valence-corrected chi connectivity index (χ4v) is 4.56. The Hall–Kier alpha value is -0.290. The zero-order valence-electron chi connectivity index (χ0n) is 13.5. The van der Waals surface area contributed by atoms with E-state index in [1.165, 1.54) is 51.0 Å². The van der Waals surface area contributed by atoms with Crippen molar-refractivity contribution in [3.63, 3.8) is 0 Å². The molecule has 1 fully saturated rings. The summed E-state index contributed by atoms with van der Waals surface area (Å²) >= 11 is 2.48. The first-order valence-electron chi connectivity index (χ1n) is 8.32. The zero-order chi connectivity index (χ0) is 15.1. The Kier molecular flexibility index (Phi) is 4.25. The monoisotopic (exact) mass is 398 g/mol. The number of halogens is 1. The number of anilines is 1. The molecule has 0 N–H and O–H groups in total. The molecule has 1 saturated heterocycles. The van der Waals surface area contributed by atoms with E-state index in [-0.39, 0.29) is 0 Å². The number of rotatable bonds is 3. The summed E-state index contributed by atoms with van der Waals surface area (Å²) in [6.07, 6.45) is 5.03. The summed E-state index contributed by atoms with van der Waals surface area (Å²) < 4.78 is 2.45. The predicted molar refractivity (Wildman–Crippen MR) is 99.3 cm³/mol. The number of nitrogens with zero attached hydrogens (tertiary/aromatic N) is 2. The lowest BCUT2D eigenvalue weighted by atomic mass is 9.74. The van der Waals surface area contributed by atoms with Crippen LogP contribution in [0.3, 0.4) is 0 Å². The quantitative estimate of drug-likeness (QED) is 0.535. The van der Waals surface area contributed by atoms with Gasteiger partial charge >= 0.3 is 0 Å². The topological polar surface area (TPSA) is 6.48 Å². The summed E-state index contributed by atoms with van der Waals surface area (Å²) in [4.78, 5) is 2.73. The standard InChI is InChI=1S/C18H27IN2/c1-4-17(3,5-2)21-14-18(10-12-20(19)13-11-18)15-8-6-7-9-16(15)21/h6-9H,4-5,10-14H2,1-3H3. The van der Waals surface area contributed by atoms with Gasteiger partial charge in [-0.05, 0) is 44.2 Å². The Bertz CT molecular complexity index is 502. The van der Waals surface area contributed by atoms with Crippen LogP contribution in [0.2, 0.25) is 0 Å². The molecule has 0 radical (unpaired) electrons. The Morgan fingerprint density at radius 2 is 1.76 bits per heavy atom. The predicted octanol–water partition coefficient (Wildman–Crippen LogP) is 4.77. The van der Waals surface area contributed by atoms with Crippen molar-refractivity contribution in [3.8, 4) is 0 Å². The van der Waals surface area contributed by atoms with E-state index >= 15 is 0 Å². The van der Waals surface area contributed by atoms with E-state index in [2.05, 4.69) is 75.9 Å². The summed E-state index contributed by atoms with van der Waals surface area (Å²) in [6.45, 7) is 10.8. The largest absolute Gasteiger partial charge is 0.365 e. The van der Waals surface area contributed by atoms with Gasteiger partial charge in [0.25, 0.3) is 0 Å². The van der Waals surface area contributed by atoms with E-state index in [0.717, 1.165) is 0 Å². The third-order valence-corrected chi connectivity index (χ3v) is 7.03. The Labute approximate surface area is 143 Å². The van der Waals surface area contributed by atoms with E-state index in [1.807, 2.05) is 0 Å². The highest BCUT2D eigenvalue weighted by atomic mass is 127. The van der Waals surface area contributed by atoms with Crippen molar-refractivity contribution in [2.24, 2.45) is 0 Å². The summed E-state index contributed by atoms with van der Waals surface area (Å²) in [7, 11) is 0. The number of fused-ring (bicyclic) bond motifs is 2. The van der Waals surface area contributed by atoms with Crippen molar-refractivity contribution in [2.45, 2.75) is 57.4 Å². The van der Waals surface area contributed by atoms with E-state index in [4.69, 9.17) is 0 Å². The minimum atomic E-state index is 0.293. The zero-order valence-corrected chi connectivity index (χ0v) is 15.7. The number of benzene rings is 1. The second kappa shape index (κ2) is 5.73. The molecule has 1 aromatic rings.